The van der Waals surface area contributed by atoms with Crippen molar-refractivity contribution in [3.63, 3.8) is 0 Å². The molecule has 0 radical (unpaired) electrons. The van der Waals surface area contributed by atoms with Crippen LogP contribution in [0.4, 0.5) is 0 Å². The molecule has 1 aromatic rings. The van der Waals surface area contributed by atoms with Gasteiger partial charge in [0.2, 0.25) is 10.0 Å². The molecule has 1 aliphatic carbocycles. The van der Waals surface area contributed by atoms with Gasteiger partial charge in [-0.1, -0.05) is 54.6 Å². The lowest BCUT2D eigenvalue weighted by Crippen LogP contribution is -2.45. The van der Waals surface area contributed by atoms with Crippen LogP contribution in [0.15, 0.2) is 54.6 Å². The molecule has 4 nitrogen and oxygen atoms in total. The van der Waals surface area contributed by atoms with E-state index in [0.717, 1.165) is 5.56 Å². The summed E-state index contributed by atoms with van der Waals surface area (Å²) >= 11 is 0. The Kier molecular flexibility index (Phi) is 4.71. The zero-order valence-corrected chi connectivity index (χ0v) is 14.2. The zero-order chi connectivity index (χ0) is 16.3. The molecule has 1 aliphatic heterocycles. The molecule has 1 aromatic carbocycles. The standard InChI is InChI=1S/C18H23NO3S/c1-18(23(20,21)19-12-13-19)11-6-5-9-17(18)10-14-22-15-16-7-3-2-4-8-16/h2-9,11,17H,10,12-15H2,1H3/t17?,18-/m1/s1. The van der Waals surface area contributed by atoms with Crippen molar-refractivity contribution in [3.05, 3.63) is 60.2 Å². The minimum atomic E-state index is -3.29. The number of hydrogen-bond donors (Lipinski definition) is 0. The van der Waals surface area contributed by atoms with Crippen LogP contribution in [0.25, 0.3) is 0 Å². The van der Waals surface area contributed by atoms with Crippen LogP contribution in [-0.4, -0.2) is 37.2 Å². The smallest absolute Gasteiger partial charge is 0.223 e. The molecule has 2 aliphatic rings. The molecule has 5 heteroatoms. The Labute approximate surface area is 138 Å². The molecule has 1 saturated heterocycles. The molecule has 2 atom stereocenters. The van der Waals surface area contributed by atoms with Crippen LogP contribution in [0.3, 0.4) is 0 Å². The fraction of sp³-hybridized carbons (Fsp3) is 0.444. The zero-order valence-electron chi connectivity index (χ0n) is 13.4. The molecule has 0 aromatic heterocycles. The van der Waals surface area contributed by atoms with Crippen LogP contribution >= 0.6 is 0 Å². The van der Waals surface area contributed by atoms with Crippen LogP contribution in [0.5, 0.6) is 0 Å². The van der Waals surface area contributed by atoms with E-state index in [4.69, 9.17) is 4.74 Å². The van der Waals surface area contributed by atoms with Crippen LogP contribution < -0.4 is 0 Å². The minimum absolute atomic E-state index is 0.0612. The summed E-state index contributed by atoms with van der Waals surface area (Å²) in [5, 5.41) is 0. The predicted octanol–water partition coefficient (Wildman–Crippen LogP) is 2.74. The Bertz CT molecular complexity index is 692. The van der Waals surface area contributed by atoms with Crippen molar-refractivity contribution in [3.8, 4) is 0 Å². The Morgan fingerprint density at radius 1 is 1.22 bits per heavy atom. The highest BCUT2D eigenvalue weighted by atomic mass is 32.2. The van der Waals surface area contributed by atoms with E-state index in [1.807, 2.05) is 61.6 Å². The number of nitrogens with zero attached hydrogens (tertiary/aromatic N) is 1. The highest BCUT2D eigenvalue weighted by Gasteiger charge is 2.49. The summed E-state index contributed by atoms with van der Waals surface area (Å²) in [6.07, 6.45) is 8.27. The maximum absolute atomic E-state index is 12.7. The fourth-order valence-corrected chi connectivity index (χ4v) is 4.90. The number of hydrogen-bond acceptors (Lipinski definition) is 3. The van der Waals surface area contributed by atoms with Crippen molar-refractivity contribution in [2.75, 3.05) is 19.7 Å². The van der Waals surface area contributed by atoms with Gasteiger partial charge in [-0.2, -0.15) is 4.31 Å². The van der Waals surface area contributed by atoms with E-state index in [1.54, 1.807) is 4.31 Å². The third kappa shape index (κ3) is 3.42. The van der Waals surface area contributed by atoms with E-state index in [2.05, 4.69) is 0 Å². The second kappa shape index (κ2) is 6.59. The van der Waals surface area contributed by atoms with Crippen molar-refractivity contribution in [2.45, 2.75) is 24.7 Å². The third-order valence-corrected chi connectivity index (χ3v) is 7.20. The first kappa shape index (κ1) is 16.4. The van der Waals surface area contributed by atoms with E-state index in [9.17, 15) is 8.42 Å². The minimum Gasteiger partial charge on any atom is -0.377 e. The normalized spacial score (nSPS) is 27.3. The molecule has 1 fully saturated rings. The topological polar surface area (TPSA) is 46.4 Å². The molecule has 124 valence electrons. The lowest BCUT2D eigenvalue weighted by Gasteiger charge is -2.34. The molecule has 23 heavy (non-hydrogen) atoms. The SMILES string of the molecule is C[C@@]1(S(=O)(=O)N2CC2)C=CC=CC1CCOCc1ccccc1. The van der Waals surface area contributed by atoms with Gasteiger partial charge < -0.3 is 4.74 Å². The first-order valence-corrected chi connectivity index (χ1v) is 9.45. The number of rotatable bonds is 7. The Morgan fingerprint density at radius 3 is 2.65 bits per heavy atom. The first-order chi connectivity index (χ1) is 11.0. The van der Waals surface area contributed by atoms with Crippen LogP contribution in [0, 0.1) is 5.92 Å². The summed E-state index contributed by atoms with van der Waals surface area (Å²) in [6, 6.07) is 10.0. The van der Waals surface area contributed by atoms with Gasteiger partial charge in [0.25, 0.3) is 0 Å². The van der Waals surface area contributed by atoms with Crippen molar-refractivity contribution in [1.29, 1.82) is 0 Å². The summed E-state index contributed by atoms with van der Waals surface area (Å²) < 4.78 is 31.9. The van der Waals surface area contributed by atoms with Crippen LogP contribution in [0.2, 0.25) is 0 Å². The van der Waals surface area contributed by atoms with E-state index < -0.39 is 14.8 Å². The van der Waals surface area contributed by atoms with E-state index in [-0.39, 0.29) is 5.92 Å². The van der Waals surface area contributed by atoms with Crippen molar-refractivity contribution in [1.82, 2.24) is 4.31 Å². The summed E-state index contributed by atoms with van der Waals surface area (Å²) in [6.45, 7) is 4.22. The van der Waals surface area contributed by atoms with Crippen molar-refractivity contribution >= 4 is 10.0 Å². The molecule has 0 spiro atoms. The monoisotopic (exact) mass is 333 g/mol. The molecular weight excluding hydrogens is 310 g/mol. The summed E-state index contributed by atoms with van der Waals surface area (Å²) in [5.74, 6) is -0.0612. The average Bonchev–Trinajstić information content (AvgIpc) is 3.39. The molecule has 1 heterocycles. The van der Waals surface area contributed by atoms with Gasteiger partial charge in [-0.05, 0) is 18.9 Å². The first-order valence-electron chi connectivity index (χ1n) is 8.01. The maximum atomic E-state index is 12.7. The van der Waals surface area contributed by atoms with Gasteiger partial charge in [0.1, 0.15) is 4.75 Å². The lowest BCUT2D eigenvalue weighted by atomic mass is 9.87. The van der Waals surface area contributed by atoms with Gasteiger partial charge in [-0.3, -0.25) is 0 Å². The Hall–Kier alpha value is -1.43. The molecule has 0 amide bonds. The van der Waals surface area contributed by atoms with E-state index in [0.29, 0.717) is 32.7 Å². The second-order valence-electron chi connectivity index (χ2n) is 6.27. The van der Waals surface area contributed by atoms with E-state index in [1.165, 1.54) is 0 Å². The lowest BCUT2D eigenvalue weighted by molar-refractivity contribution is 0.109. The van der Waals surface area contributed by atoms with Crippen LogP contribution in [-0.2, 0) is 21.4 Å². The average molecular weight is 333 g/mol. The molecule has 0 N–H and O–H groups in total. The molecule has 3 rings (SSSR count). The predicted molar refractivity (Wildman–Crippen MR) is 91.4 cm³/mol. The largest absolute Gasteiger partial charge is 0.377 e. The van der Waals surface area contributed by atoms with Gasteiger partial charge in [-0.25, -0.2) is 8.42 Å². The van der Waals surface area contributed by atoms with Gasteiger partial charge in [0, 0.05) is 25.6 Å². The summed E-state index contributed by atoms with van der Waals surface area (Å²) in [7, 11) is -3.29. The molecule has 0 saturated carbocycles. The Balaban J connectivity index is 1.59. The molecular formula is C18H23NO3S. The number of sulfonamides is 1. The van der Waals surface area contributed by atoms with Gasteiger partial charge in [-0.15, -0.1) is 0 Å². The summed E-state index contributed by atoms with van der Waals surface area (Å²) in [4.78, 5) is 0. The number of allylic oxidation sites excluding steroid dienone is 3. The molecule has 1 unspecified atom stereocenters. The van der Waals surface area contributed by atoms with E-state index >= 15 is 0 Å². The highest BCUT2D eigenvalue weighted by molar-refractivity contribution is 7.90. The van der Waals surface area contributed by atoms with Crippen molar-refractivity contribution in [2.24, 2.45) is 5.92 Å². The van der Waals surface area contributed by atoms with Crippen molar-refractivity contribution < 1.29 is 13.2 Å². The van der Waals surface area contributed by atoms with Crippen LogP contribution in [0.1, 0.15) is 18.9 Å². The number of benzene rings is 1. The van der Waals surface area contributed by atoms with Gasteiger partial charge >= 0.3 is 0 Å². The third-order valence-electron chi connectivity index (χ3n) is 4.60. The van der Waals surface area contributed by atoms with Gasteiger partial charge in [0.15, 0.2) is 0 Å². The molecule has 0 bridgehead atoms. The quantitative estimate of drug-likeness (QED) is 0.569. The number of ether oxygens (including phenoxy) is 1. The Morgan fingerprint density at radius 2 is 1.96 bits per heavy atom. The summed E-state index contributed by atoms with van der Waals surface area (Å²) in [5.41, 5.74) is 1.13. The highest BCUT2D eigenvalue weighted by Crippen LogP contribution is 2.38. The fourth-order valence-electron chi connectivity index (χ4n) is 2.95. The maximum Gasteiger partial charge on any atom is 0.223 e. The second-order valence-corrected chi connectivity index (χ2v) is 8.61. The van der Waals surface area contributed by atoms with Gasteiger partial charge in [0.05, 0.1) is 6.61 Å².